The highest BCUT2D eigenvalue weighted by molar-refractivity contribution is 5.76. The minimum Gasteiger partial charge on any atom is -0.481 e. The SMILES string of the molecule is COc1cc(CNC(=O)C[C@@H](CN)CC(C)C)ccn1. The Morgan fingerprint density at radius 2 is 2.25 bits per heavy atom. The molecule has 0 aliphatic rings. The van der Waals surface area contributed by atoms with Crippen molar-refractivity contribution >= 4 is 5.91 Å². The number of hydrogen-bond acceptors (Lipinski definition) is 4. The van der Waals surface area contributed by atoms with Gasteiger partial charge < -0.3 is 15.8 Å². The van der Waals surface area contributed by atoms with Crippen LogP contribution in [0.3, 0.4) is 0 Å². The Morgan fingerprint density at radius 1 is 1.50 bits per heavy atom. The molecule has 0 bridgehead atoms. The van der Waals surface area contributed by atoms with Gasteiger partial charge >= 0.3 is 0 Å². The lowest BCUT2D eigenvalue weighted by Gasteiger charge is -2.16. The Hall–Kier alpha value is -1.62. The highest BCUT2D eigenvalue weighted by atomic mass is 16.5. The van der Waals surface area contributed by atoms with Crippen LogP contribution >= 0.6 is 0 Å². The van der Waals surface area contributed by atoms with Gasteiger partial charge in [-0.1, -0.05) is 13.8 Å². The molecule has 1 aromatic rings. The number of carbonyl (C=O) groups excluding carboxylic acids is 1. The standard InChI is InChI=1S/C15H25N3O2/c1-11(2)6-13(9-16)7-14(19)18-10-12-4-5-17-15(8-12)20-3/h4-5,8,11,13H,6-7,9-10,16H2,1-3H3,(H,18,19)/t13-/m0/s1. The lowest BCUT2D eigenvalue weighted by atomic mass is 9.94. The summed E-state index contributed by atoms with van der Waals surface area (Å²) in [5, 5.41) is 2.91. The summed E-state index contributed by atoms with van der Waals surface area (Å²) in [7, 11) is 1.57. The quantitative estimate of drug-likeness (QED) is 0.759. The van der Waals surface area contributed by atoms with E-state index in [0.29, 0.717) is 31.3 Å². The first-order chi connectivity index (χ1) is 9.55. The van der Waals surface area contributed by atoms with E-state index in [1.165, 1.54) is 0 Å². The Kier molecular flexibility index (Phi) is 7.01. The highest BCUT2D eigenvalue weighted by Crippen LogP contribution is 2.14. The van der Waals surface area contributed by atoms with E-state index in [9.17, 15) is 4.79 Å². The molecule has 1 amide bonds. The lowest BCUT2D eigenvalue weighted by Crippen LogP contribution is -2.28. The van der Waals surface area contributed by atoms with Crippen LogP contribution in [0, 0.1) is 11.8 Å². The van der Waals surface area contributed by atoms with Crippen molar-refractivity contribution in [1.29, 1.82) is 0 Å². The first-order valence-corrected chi connectivity index (χ1v) is 7.00. The second-order valence-corrected chi connectivity index (χ2v) is 5.42. The number of nitrogens with two attached hydrogens (primary N) is 1. The van der Waals surface area contributed by atoms with Gasteiger partial charge in [-0.05, 0) is 36.4 Å². The number of carbonyl (C=O) groups is 1. The number of pyridine rings is 1. The Balaban J connectivity index is 2.42. The zero-order chi connectivity index (χ0) is 15.0. The molecule has 0 aromatic carbocycles. The van der Waals surface area contributed by atoms with E-state index >= 15 is 0 Å². The number of amides is 1. The fourth-order valence-corrected chi connectivity index (χ4v) is 2.14. The van der Waals surface area contributed by atoms with Crippen LogP contribution in [0.15, 0.2) is 18.3 Å². The van der Waals surface area contributed by atoms with E-state index in [-0.39, 0.29) is 11.8 Å². The summed E-state index contributed by atoms with van der Waals surface area (Å²) in [6, 6.07) is 3.67. The molecule has 1 heterocycles. The van der Waals surface area contributed by atoms with Gasteiger partial charge in [-0.15, -0.1) is 0 Å². The molecule has 0 fully saturated rings. The molecule has 3 N–H and O–H groups in total. The molecule has 1 rings (SSSR count). The molecular formula is C15H25N3O2. The summed E-state index contributed by atoms with van der Waals surface area (Å²) >= 11 is 0. The Labute approximate surface area is 120 Å². The molecule has 0 saturated heterocycles. The molecule has 5 heteroatoms. The molecule has 20 heavy (non-hydrogen) atoms. The first-order valence-electron chi connectivity index (χ1n) is 7.00. The van der Waals surface area contributed by atoms with Crippen molar-refractivity contribution < 1.29 is 9.53 Å². The van der Waals surface area contributed by atoms with Gasteiger partial charge in [-0.3, -0.25) is 4.79 Å². The van der Waals surface area contributed by atoms with Crippen LogP contribution in [0.2, 0.25) is 0 Å². The van der Waals surface area contributed by atoms with Crippen molar-refractivity contribution in [3.05, 3.63) is 23.9 Å². The predicted octanol–water partition coefficient (Wildman–Crippen LogP) is 1.72. The van der Waals surface area contributed by atoms with E-state index in [0.717, 1.165) is 12.0 Å². The van der Waals surface area contributed by atoms with Gasteiger partial charge in [0.1, 0.15) is 0 Å². The minimum atomic E-state index is 0.0388. The van der Waals surface area contributed by atoms with Crippen LogP contribution in [-0.4, -0.2) is 24.5 Å². The normalized spacial score (nSPS) is 12.2. The third-order valence-electron chi connectivity index (χ3n) is 3.11. The second kappa shape index (κ2) is 8.53. The summed E-state index contributed by atoms with van der Waals surface area (Å²) in [6.07, 6.45) is 3.13. The van der Waals surface area contributed by atoms with Crippen molar-refractivity contribution in [2.24, 2.45) is 17.6 Å². The van der Waals surface area contributed by atoms with Gasteiger partial charge in [-0.25, -0.2) is 4.98 Å². The fourth-order valence-electron chi connectivity index (χ4n) is 2.14. The molecule has 1 aromatic heterocycles. The number of nitrogens with zero attached hydrogens (tertiary/aromatic N) is 1. The smallest absolute Gasteiger partial charge is 0.220 e. The monoisotopic (exact) mass is 279 g/mol. The topological polar surface area (TPSA) is 77.2 Å². The first kappa shape index (κ1) is 16.4. The molecule has 0 radical (unpaired) electrons. The van der Waals surface area contributed by atoms with Crippen molar-refractivity contribution in [2.75, 3.05) is 13.7 Å². The number of ether oxygens (including phenoxy) is 1. The van der Waals surface area contributed by atoms with E-state index in [1.807, 2.05) is 12.1 Å². The molecule has 112 valence electrons. The predicted molar refractivity (Wildman–Crippen MR) is 79.3 cm³/mol. The average Bonchev–Trinajstić information content (AvgIpc) is 2.44. The number of aromatic nitrogens is 1. The van der Waals surface area contributed by atoms with Crippen LogP contribution in [0.25, 0.3) is 0 Å². The number of rotatable bonds is 8. The summed E-state index contributed by atoms with van der Waals surface area (Å²) in [5.74, 6) is 1.40. The third-order valence-corrected chi connectivity index (χ3v) is 3.11. The molecule has 0 unspecified atom stereocenters. The summed E-state index contributed by atoms with van der Waals surface area (Å²) in [5.41, 5.74) is 6.68. The molecule has 0 aliphatic heterocycles. The van der Waals surface area contributed by atoms with Crippen LogP contribution in [0.4, 0.5) is 0 Å². The van der Waals surface area contributed by atoms with Gasteiger partial charge in [0.25, 0.3) is 0 Å². The Morgan fingerprint density at radius 3 is 2.85 bits per heavy atom. The molecule has 0 aliphatic carbocycles. The Bertz CT molecular complexity index is 421. The van der Waals surface area contributed by atoms with Gasteiger partial charge in [0.15, 0.2) is 0 Å². The number of nitrogens with one attached hydrogen (secondary N) is 1. The van der Waals surface area contributed by atoms with E-state index in [4.69, 9.17) is 10.5 Å². The maximum absolute atomic E-state index is 11.9. The largest absolute Gasteiger partial charge is 0.481 e. The van der Waals surface area contributed by atoms with Gasteiger partial charge in [0, 0.05) is 25.2 Å². The van der Waals surface area contributed by atoms with Gasteiger partial charge in [0.05, 0.1) is 7.11 Å². The third kappa shape index (κ3) is 6.02. The van der Waals surface area contributed by atoms with Crippen LogP contribution in [-0.2, 0) is 11.3 Å². The second-order valence-electron chi connectivity index (χ2n) is 5.42. The van der Waals surface area contributed by atoms with Crippen molar-refractivity contribution in [3.8, 4) is 5.88 Å². The molecular weight excluding hydrogens is 254 g/mol. The number of hydrogen-bond donors (Lipinski definition) is 2. The van der Waals surface area contributed by atoms with Crippen molar-refractivity contribution in [3.63, 3.8) is 0 Å². The van der Waals surface area contributed by atoms with E-state index in [2.05, 4.69) is 24.1 Å². The van der Waals surface area contributed by atoms with Crippen LogP contribution < -0.4 is 15.8 Å². The summed E-state index contributed by atoms with van der Waals surface area (Å²) in [6.45, 7) is 5.32. The molecule has 5 nitrogen and oxygen atoms in total. The maximum atomic E-state index is 11.9. The van der Waals surface area contributed by atoms with E-state index < -0.39 is 0 Å². The van der Waals surface area contributed by atoms with Crippen LogP contribution in [0.1, 0.15) is 32.3 Å². The van der Waals surface area contributed by atoms with Gasteiger partial charge in [-0.2, -0.15) is 0 Å². The molecule has 0 saturated carbocycles. The summed E-state index contributed by atoms with van der Waals surface area (Å²) in [4.78, 5) is 15.9. The van der Waals surface area contributed by atoms with Crippen LogP contribution in [0.5, 0.6) is 5.88 Å². The minimum absolute atomic E-state index is 0.0388. The highest BCUT2D eigenvalue weighted by Gasteiger charge is 2.13. The molecule has 0 spiro atoms. The lowest BCUT2D eigenvalue weighted by molar-refractivity contribution is -0.122. The number of methoxy groups -OCH3 is 1. The maximum Gasteiger partial charge on any atom is 0.220 e. The average molecular weight is 279 g/mol. The van der Waals surface area contributed by atoms with Crippen molar-refractivity contribution in [2.45, 2.75) is 33.2 Å². The van der Waals surface area contributed by atoms with E-state index in [1.54, 1.807) is 13.3 Å². The zero-order valence-electron chi connectivity index (χ0n) is 12.6. The molecule has 1 atom stereocenters. The summed E-state index contributed by atoms with van der Waals surface area (Å²) < 4.78 is 5.05. The van der Waals surface area contributed by atoms with Gasteiger partial charge in [0.2, 0.25) is 11.8 Å². The fraction of sp³-hybridized carbons (Fsp3) is 0.600. The van der Waals surface area contributed by atoms with Crippen molar-refractivity contribution in [1.82, 2.24) is 10.3 Å². The zero-order valence-corrected chi connectivity index (χ0v) is 12.6.